The predicted molar refractivity (Wildman–Crippen MR) is 90.7 cm³/mol. The fourth-order valence-corrected chi connectivity index (χ4v) is 7.03. The van der Waals surface area contributed by atoms with Crippen LogP contribution >= 0.6 is 0 Å². The molecule has 0 fully saturated rings. The highest BCUT2D eigenvalue weighted by Gasteiger charge is 2.40. The Balaban J connectivity index is 5.29. The van der Waals surface area contributed by atoms with Gasteiger partial charge in [0.25, 0.3) is 0 Å². The first kappa shape index (κ1) is 18.9. The van der Waals surface area contributed by atoms with Gasteiger partial charge in [-0.05, 0) is 65.3 Å². The largest absolute Gasteiger partial charge is 0.308 e. The van der Waals surface area contributed by atoms with Gasteiger partial charge in [0.2, 0.25) is 8.40 Å². The maximum Gasteiger partial charge on any atom is 0.231 e. The molecule has 0 aliphatic carbocycles. The van der Waals surface area contributed by atoms with Crippen LogP contribution in [0.5, 0.6) is 0 Å². The van der Waals surface area contributed by atoms with E-state index >= 15 is 0 Å². The molecular weight excluding hydrogens is 248 g/mol. The number of allylic oxidation sites excluding steroid dienone is 1. The summed E-state index contributed by atoms with van der Waals surface area (Å²) >= 11 is 0. The minimum Gasteiger partial charge on any atom is -0.308 e. The highest BCUT2D eigenvalue weighted by molar-refractivity contribution is 6.80. The van der Waals surface area contributed by atoms with E-state index in [0.717, 1.165) is 0 Å². The van der Waals surface area contributed by atoms with Crippen molar-refractivity contribution >= 4 is 8.40 Å². The monoisotopic (exact) mass is 284 g/mol. The summed E-state index contributed by atoms with van der Waals surface area (Å²) in [6, 6.07) is 0. The number of nitrogens with zero attached hydrogens (tertiary/aromatic N) is 2. The Labute approximate surface area is 123 Å². The van der Waals surface area contributed by atoms with Crippen LogP contribution in [0.1, 0.15) is 60.3 Å². The van der Waals surface area contributed by atoms with E-state index in [-0.39, 0.29) is 0 Å². The molecule has 0 atom stereocenters. The predicted octanol–water partition coefficient (Wildman–Crippen LogP) is 4.42. The lowest BCUT2D eigenvalue weighted by atomic mass is 10.4. The van der Waals surface area contributed by atoms with Gasteiger partial charge in [0.05, 0.1) is 0 Å². The van der Waals surface area contributed by atoms with E-state index in [1.54, 1.807) is 0 Å². The number of rotatable bonds is 11. The zero-order chi connectivity index (χ0) is 14.9. The maximum absolute atomic E-state index is 4.38. The third-order valence-corrected chi connectivity index (χ3v) is 8.99. The molecule has 0 amide bonds. The molecule has 0 bridgehead atoms. The molecule has 19 heavy (non-hydrogen) atoms. The van der Waals surface area contributed by atoms with Crippen molar-refractivity contribution in [3.63, 3.8) is 0 Å². The highest BCUT2D eigenvalue weighted by atomic mass is 28.3. The third-order valence-electron chi connectivity index (χ3n) is 4.01. The zero-order valence-electron chi connectivity index (χ0n) is 14.3. The molecule has 3 heteroatoms. The van der Waals surface area contributed by atoms with Gasteiger partial charge in [-0.15, -0.1) is 6.58 Å². The molecule has 0 aliphatic heterocycles. The average molecular weight is 285 g/mol. The van der Waals surface area contributed by atoms with Crippen molar-refractivity contribution in [2.45, 2.75) is 66.8 Å². The number of hydrogen-bond donors (Lipinski definition) is 0. The molecule has 0 spiro atoms. The van der Waals surface area contributed by atoms with Gasteiger partial charge >= 0.3 is 0 Å². The lowest BCUT2D eigenvalue weighted by Crippen LogP contribution is -2.65. The van der Waals surface area contributed by atoms with Gasteiger partial charge in [-0.2, -0.15) is 0 Å². The molecule has 0 aliphatic rings. The van der Waals surface area contributed by atoms with E-state index in [9.17, 15) is 0 Å². The molecule has 114 valence electrons. The molecule has 0 aromatic rings. The summed E-state index contributed by atoms with van der Waals surface area (Å²) in [6.07, 6.45) is 4.95. The summed E-state index contributed by atoms with van der Waals surface area (Å²) in [6.45, 7) is 23.2. The molecule has 0 heterocycles. The van der Waals surface area contributed by atoms with Gasteiger partial charge in [-0.1, -0.05) is 32.9 Å². The van der Waals surface area contributed by atoms with Gasteiger partial charge in [0, 0.05) is 0 Å². The highest BCUT2D eigenvalue weighted by Crippen LogP contribution is 2.24. The van der Waals surface area contributed by atoms with Crippen molar-refractivity contribution in [2.75, 3.05) is 26.2 Å². The Morgan fingerprint density at radius 3 is 1.21 bits per heavy atom. The summed E-state index contributed by atoms with van der Waals surface area (Å²) < 4.78 is 5.53. The Morgan fingerprint density at radius 1 is 0.789 bits per heavy atom. The first-order valence-electron chi connectivity index (χ1n) is 8.14. The summed E-state index contributed by atoms with van der Waals surface area (Å²) in [4.78, 5) is 0. The van der Waals surface area contributed by atoms with Gasteiger partial charge < -0.3 is 9.13 Å². The minimum absolute atomic E-state index is 1.22. The SMILES string of the molecule is C=C(C)[Si](C)(N(CCC)CCC)N(CCC)CCC. The first-order valence-corrected chi connectivity index (χ1v) is 10.5. The normalized spacial score (nSPS) is 12.4. The summed E-state index contributed by atoms with van der Waals surface area (Å²) in [5.41, 5.74) is 0. The molecule has 0 saturated carbocycles. The fourth-order valence-electron chi connectivity index (χ4n) is 2.91. The second-order valence-corrected chi connectivity index (χ2v) is 9.94. The van der Waals surface area contributed by atoms with Crippen molar-refractivity contribution in [3.8, 4) is 0 Å². The van der Waals surface area contributed by atoms with E-state index in [2.05, 4.69) is 56.9 Å². The lowest BCUT2D eigenvalue weighted by molar-refractivity contribution is 0.325. The van der Waals surface area contributed by atoms with Crippen LogP contribution in [0.25, 0.3) is 0 Å². The Bertz CT molecular complexity index is 225. The summed E-state index contributed by atoms with van der Waals surface area (Å²) in [5, 5.41) is 1.41. The first-order chi connectivity index (χ1) is 8.98. The Hall–Kier alpha value is -0.123. The van der Waals surface area contributed by atoms with E-state index in [1.165, 1.54) is 57.1 Å². The molecule has 0 aromatic heterocycles. The van der Waals surface area contributed by atoms with Gasteiger partial charge in [0.1, 0.15) is 0 Å². The summed E-state index contributed by atoms with van der Waals surface area (Å²) in [5.74, 6) is 0. The minimum atomic E-state index is -1.70. The topological polar surface area (TPSA) is 6.48 Å². The van der Waals surface area contributed by atoms with Gasteiger partial charge in [-0.3, -0.25) is 0 Å². The second kappa shape index (κ2) is 9.73. The number of hydrogen-bond acceptors (Lipinski definition) is 2. The summed E-state index contributed by atoms with van der Waals surface area (Å²) in [7, 11) is -1.70. The molecule has 0 saturated heterocycles. The van der Waals surface area contributed by atoms with Crippen LogP contribution in [0.4, 0.5) is 0 Å². The molecule has 0 aromatic carbocycles. The maximum atomic E-state index is 4.38. The van der Waals surface area contributed by atoms with Crippen molar-refractivity contribution in [1.29, 1.82) is 0 Å². The molecular formula is C16H36N2Si. The fraction of sp³-hybridized carbons (Fsp3) is 0.875. The van der Waals surface area contributed by atoms with Crippen LogP contribution in [0.2, 0.25) is 6.55 Å². The Morgan fingerprint density at radius 2 is 1.05 bits per heavy atom. The van der Waals surface area contributed by atoms with E-state index in [1.807, 2.05) is 0 Å². The smallest absolute Gasteiger partial charge is 0.231 e. The van der Waals surface area contributed by atoms with E-state index in [4.69, 9.17) is 0 Å². The quantitative estimate of drug-likeness (QED) is 0.518. The third kappa shape index (κ3) is 5.05. The average Bonchev–Trinajstić information content (AvgIpc) is 2.37. The molecule has 0 rings (SSSR count). The van der Waals surface area contributed by atoms with E-state index < -0.39 is 8.40 Å². The van der Waals surface area contributed by atoms with Crippen LogP contribution in [0, 0.1) is 0 Å². The van der Waals surface area contributed by atoms with Crippen molar-refractivity contribution in [1.82, 2.24) is 9.13 Å². The second-order valence-electron chi connectivity index (χ2n) is 5.78. The van der Waals surface area contributed by atoms with Gasteiger partial charge in [-0.25, -0.2) is 0 Å². The van der Waals surface area contributed by atoms with Crippen LogP contribution < -0.4 is 0 Å². The van der Waals surface area contributed by atoms with Crippen molar-refractivity contribution < 1.29 is 0 Å². The molecule has 0 unspecified atom stereocenters. The van der Waals surface area contributed by atoms with Gasteiger partial charge in [0.15, 0.2) is 0 Å². The standard InChI is InChI=1S/C16H36N2Si/c1-8-12-17(13-9-2)19(7,16(5)6)18(14-10-3)15-11-4/h5,8-15H2,1-4,6-7H3. The van der Waals surface area contributed by atoms with Crippen LogP contribution in [0.15, 0.2) is 11.8 Å². The lowest BCUT2D eigenvalue weighted by Gasteiger charge is -2.47. The van der Waals surface area contributed by atoms with Crippen LogP contribution in [-0.2, 0) is 0 Å². The molecule has 0 radical (unpaired) electrons. The zero-order valence-corrected chi connectivity index (χ0v) is 15.3. The molecule has 2 nitrogen and oxygen atoms in total. The van der Waals surface area contributed by atoms with Crippen molar-refractivity contribution in [3.05, 3.63) is 11.8 Å². The van der Waals surface area contributed by atoms with Crippen molar-refractivity contribution in [2.24, 2.45) is 0 Å². The Kier molecular flexibility index (Phi) is 9.67. The van der Waals surface area contributed by atoms with E-state index in [0.29, 0.717) is 0 Å². The molecule has 0 N–H and O–H groups in total. The van der Waals surface area contributed by atoms with Crippen LogP contribution in [-0.4, -0.2) is 43.7 Å². The van der Waals surface area contributed by atoms with Crippen LogP contribution in [0.3, 0.4) is 0 Å².